The Hall–Kier alpha value is -3.86. The first-order valence-corrected chi connectivity index (χ1v) is 9.84. The van der Waals surface area contributed by atoms with Crippen molar-refractivity contribution in [2.75, 3.05) is 0 Å². The fraction of sp³-hybridized carbons (Fsp3) is 0.120. The van der Waals surface area contributed by atoms with Crippen molar-refractivity contribution in [1.82, 2.24) is 15.1 Å². The second kappa shape index (κ2) is 9.09. The summed E-state index contributed by atoms with van der Waals surface area (Å²) in [6.45, 7) is 3.07. The Balaban J connectivity index is 1.42. The number of aryl methyl sites for hydroxylation is 1. The van der Waals surface area contributed by atoms with E-state index in [2.05, 4.69) is 40.7 Å². The van der Waals surface area contributed by atoms with Crippen molar-refractivity contribution < 1.29 is 9.21 Å². The molecule has 0 unspecified atom stereocenters. The summed E-state index contributed by atoms with van der Waals surface area (Å²) in [5, 5.41) is 7.20. The average molecular weight is 397 g/mol. The summed E-state index contributed by atoms with van der Waals surface area (Å²) >= 11 is 0. The molecule has 0 radical (unpaired) electrons. The van der Waals surface area contributed by atoms with Crippen LogP contribution in [0.4, 0.5) is 0 Å². The number of amides is 1. The maximum atomic E-state index is 12.2. The Labute approximate surface area is 175 Å². The fourth-order valence-corrected chi connectivity index (χ4v) is 3.27. The zero-order valence-electron chi connectivity index (χ0n) is 16.8. The van der Waals surface area contributed by atoms with Gasteiger partial charge in [0.15, 0.2) is 0 Å². The molecule has 0 fully saturated rings. The molecule has 2 aromatic heterocycles. The topological polar surface area (TPSA) is 60.1 Å². The van der Waals surface area contributed by atoms with Crippen LogP contribution in [-0.4, -0.2) is 15.7 Å². The van der Waals surface area contributed by atoms with Gasteiger partial charge >= 0.3 is 0 Å². The van der Waals surface area contributed by atoms with Gasteiger partial charge in [-0.05, 0) is 53.5 Å². The quantitative estimate of drug-likeness (QED) is 0.455. The van der Waals surface area contributed by atoms with E-state index < -0.39 is 0 Å². The molecule has 0 aliphatic heterocycles. The zero-order chi connectivity index (χ0) is 20.8. The summed E-state index contributed by atoms with van der Waals surface area (Å²) in [5.41, 5.74) is 4.47. The van der Waals surface area contributed by atoms with Crippen LogP contribution in [0.5, 0.6) is 0 Å². The van der Waals surface area contributed by atoms with Crippen LogP contribution < -0.4 is 5.32 Å². The zero-order valence-corrected chi connectivity index (χ0v) is 16.8. The lowest BCUT2D eigenvalue weighted by atomic mass is 9.98. The third kappa shape index (κ3) is 4.94. The Kier molecular flexibility index (Phi) is 5.90. The number of nitrogens with zero attached hydrogens (tertiary/aromatic N) is 2. The van der Waals surface area contributed by atoms with Gasteiger partial charge in [0.2, 0.25) is 5.91 Å². The van der Waals surface area contributed by atoms with Crippen molar-refractivity contribution in [1.29, 1.82) is 0 Å². The molecule has 1 N–H and O–H groups in total. The first-order valence-electron chi connectivity index (χ1n) is 9.84. The number of carbonyl (C=O) groups excluding carboxylic acids is 1. The van der Waals surface area contributed by atoms with Crippen molar-refractivity contribution in [2.45, 2.75) is 20.0 Å². The number of hydrogen-bond donors (Lipinski definition) is 1. The highest BCUT2D eigenvalue weighted by Gasteiger charge is 2.06. The van der Waals surface area contributed by atoms with Crippen LogP contribution in [0.3, 0.4) is 0 Å². The van der Waals surface area contributed by atoms with Crippen LogP contribution in [0.15, 0.2) is 89.6 Å². The summed E-state index contributed by atoms with van der Waals surface area (Å²) < 4.78 is 7.34. The van der Waals surface area contributed by atoms with Crippen molar-refractivity contribution in [2.24, 2.45) is 0 Å². The number of nitrogens with one attached hydrogen (secondary N) is 1. The Morgan fingerprint density at radius 1 is 1.07 bits per heavy atom. The predicted octanol–water partition coefficient (Wildman–Crippen LogP) is 4.83. The molecule has 0 bridgehead atoms. The van der Waals surface area contributed by atoms with E-state index in [-0.39, 0.29) is 5.91 Å². The molecule has 0 saturated carbocycles. The largest absolute Gasteiger partial charge is 0.462 e. The fourth-order valence-electron chi connectivity index (χ4n) is 3.27. The van der Waals surface area contributed by atoms with Crippen molar-refractivity contribution >= 4 is 12.0 Å². The van der Waals surface area contributed by atoms with E-state index in [9.17, 15) is 4.79 Å². The van der Waals surface area contributed by atoms with Crippen LogP contribution in [0, 0.1) is 6.92 Å². The lowest BCUT2D eigenvalue weighted by molar-refractivity contribution is -0.116. The van der Waals surface area contributed by atoms with Gasteiger partial charge in [-0.2, -0.15) is 5.10 Å². The van der Waals surface area contributed by atoms with E-state index in [1.54, 1.807) is 12.3 Å². The van der Waals surface area contributed by atoms with E-state index in [1.165, 1.54) is 11.6 Å². The number of benzene rings is 2. The minimum absolute atomic E-state index is 0.159. The highest BCUT2D eigenvalue weighted by Crippen LogP contribution is 2.24. The first-order chi connectivity index (χ1) is 14.7. The molecule has 0 atom stereocenters. The maximum absolute atomic E-state index is 12.2. The molecule has 0 saturated heterocycles. The van der Waals surface area contributed by atoms with E-state index in [0.717, 1.165) is 29.0 Å². The molecule has 5 heteroatoms. The number of furan rings is 1. The van der Waals surface area contributed by atoms with Gasteiger partial charge in [0.05, 0.1) is 6.54 Å². The van der Waals surface area contributed by atoms with E-state index in [0.29, 0.717) is 12.3 Å². The van der Waals surface area contributed by atoms with Crippen molar-refractivity contribution in [3.8, 4) is 11.1 Å². The van der Waals surface area contributed by atoms with E-state index in [4.69, 9.17) is 4.42 Å². The SMILES string of the molecule is Cc1ccc(/C=C/C(=O)NCc2ccccc2-c2ccc(Cn3cccn3)cc2)o1. The highest BCUT2D eigenvalue weighted by molar-refractivity contribution is 5.91. The first kappa shape index (κ1) is 19.5. The molecule has 150 valence electrons. The molecule has 4 rings (SSSR count). The minimum atomic E-state index is -0.159. The molecule has 0 aliphatic carbocycles. The Morgan fingerprint density at radius 3 is 2.63 bits per heavy atom. The molecule has 0 spiro atoms. The average Bonchev–Trinajstić information content (AvgIpc) is 3.43. The molecule has 1 amide bonds. The maximum Gasteiger partial charge on any atom is 0.244 e. The van der Waals surface area contributed by atoms with Crippen LogP contribution >= 0.6 is 0 Å². The lowest BCUT2D eigenvalue weighted by Gasteiger charge is -2.11. The standard InChI is InChI=1S/C25H23N3O2/c1-19-7-12-23(30-19)13-14-25(29)26-17-22-5-2-3-6-24(22)21-10-8-20(9-11-21)18-28-16-4-15-27-28/h2-16H,17-18H2,1H3,(H,26,29)/b14-13+. The Bertz CT molecular complexity index is 1140. The van der Waals surface area contributed by atoms with Crippen LogP contribution in [-0.2, 0) is 17.9 Å². The van der Waals surface area contributed by atoms with E-state index >= 15 is 0 Å². The van der Waals surface area contributed by atoms with Gasteiger partial charge in [0, 0.05) is 25.0 Å². The van der Waals surface area contributed by atoms with Gasteiger partial charge in [-0.15, -0.1) is 0 Å². The normalized spacial score (nSPS) is 11.1. The Morgan fingerprint density at radius 2 is 1.90 bits per heavy atom. The van der Waals surface area contributed by atoms with Gasteiger partial charge in [0.1, 0.15) is 11.5 Å². The van der Waals surface area contributed by atoms with Crippen molar-refractivity contribution in [3.05, 3.63) is 108 Å². The molecular weight excluding hydrogens is 374 g/mol. The van der Waals surface area contributed by atoms with Gasteiger partial charge in [-0.3, -0.25) is 9.48 Å². The molecule has 30 heavy (non-hydrogen) atoms. The summed E-state index contributed by atoms with van der Waals surface area (Å²) in [5.74, 6) is 1.33. The van der Waals surface area contributed by atoms with Crippen LogP contribution in [0.25, 0.3) is 17.2 Å². The predicted molar refractivity (Wildman–Crippen MR) is 118 cm³/mol. The summed E-state index contributed by atoms with van der Waals surface area (Å²) in [7, 11) is 0. The van der Waals surface area contributed by atoms with Crippen LogP contribution in [0.2, 0.25) is 0 Å². The second-order valence-electron chi connectivity index (χ2n) is 7.06. The third-order valence-electron chi connectivity index (χ3n) is 4.80. The van der Waals surface area contributed by atoms with E-state index in [1.807, 2.05) is 54.2 Å². The smallest absolute Gasteiger partial charge is 0.244 e. The minimum Gasteiger partial charge on any atom is -0.462 e. The number of carbonyl (C=O) groups is 1. The molecule has 4 aromatic rings. The van der Waals surface area contributed by atoms with Crippen LogP contribution in [0.1, 0.15) is 22.6 Å². The molecule has 2 aromatic carbocycles. The van der Waals surface area contributed by atoms with Gasteiger partial charge < -0.3 is 9.73 Å². The van der Waals surface area contributed by atoms with Gasteiger partial charge in [0.25, 0.3) is 0 Å². The third-order valence-corrected chi connectivity index (χ3v) is 4.80. The second-order valence-corrected chi connectivity index (χ2v) is 7.06. The number of rotatable bonds is 7. The molecule has 2 heterocycles. The highest BCUT2D eigenvalue weighted by atomic mass is 16.3. The summed E-state index contributed by atoms with van der Waals surface area (Å²) in [6.07, 6.45) is 6.90. The molecule has 5 nitrogen and oxygen atoms in total. The van der Waals surface area contributed by atoms with Crippen molar-refractivity contribution in [3.63, 3.8) is 0 Å². The summed E-state index contributed by atoms with van der Waals surface area (Å²) in [6, 6.07) is 22.2. The monoisotopic (exact) mass is 397 g/mol. The molecular formula is C25H23N3O2. The number of hydrogen-bond acceptors (Lipinski definition) is 3. The molecule has 0 aliphatic rings. The van der Waals surface area contributed by atoms with Gasteiger partial charge in [-0.25, -0.2) is 0 Å². The lowest BCUT2D eigenvalue weighted by Crippen LogP contribution is -2.20. The summed E-state index contributed by atoms with van der Waals surface area (Å²) in [4.78, 5) is 12.2. The number of aromatic nitrogens is 2. The van der Waals surface area contributed by atoms with Gasteiger partial charge in [-0.1, -0.05) is 48.5 Å².